The lowest BCUT2D eigenvalue weighted by Gasteiger charge is -2.02. The van der Waals surface area contributed by atoms with Crippen molar-refractivity contribution in [3.05, 3.63) is 11.6 Å². The summed E-state index contributed by atoms with van der Waals surface area (Å²) in [6.45, 7) is 4.29. The third-order valence-electron chi connectivity index (χ3n) is 2.13. The summed E-state index contributed by atoms with van der Waals surface area (Å²) in [6.07, 6.45) is 4.70. The Balaban J connectivity index is 2.45. The van der Waals surface area contributed by atoms with Gasteiger partial charge in [-0.05, 0) is 19.0 Å². The van der Waals surface area contributed by atoms with Gasteiger partial charge in [-0.2, -0.15) is 0 Å². The van der Waals surface area contributed by atoms with Crippen LogP contribution >= 0.6 is 0 Å². The van der Waals surface area contributed by atoms with Crippen LogP contribution in [0.2, 0.25) is 0 Å². The molecule has 2 nitrogen and oxygen atoms in total. The summed E-state index contributed by atoms with van der Waals surface area (Å²) in [4.78, 5) is 2.27. The molecule has 0 radical (unpaired) electrons. The summed E-state index contributed by atoms with van der Waals surface area (Å²) in [5, 5.41) is 0. The lowest BCUT2D eigenvalue weighted by atomic mass is 10.1. The summed E-state index contributed by atoms with van der Waals surface area (Å²) in [6, 6.07) is 0.298. The van der Waals surface area contributed by atoms with Gasteiger partial charge in [0.2, 0.25) is 0 Å². The number of hydrogen-bond donors (Lipinski definition) is 1. The van der Waals surface area contributed by atoms with E-state index < -0.39 is 0 Å². The van der Waals surface area contributed by atoms with Crippen molar-refractivity contribution in [2.75, 3.05) is 20.1 Å². The van der Waals surface area contributed by atoms with Gasteiger partial charge in [0.25, 0.3) is 0 Å². The van der Waals surface area contributed by atoms with Crippen molar-refractivity contribution < 1.29 is 0 Å². The zero-order chi connectivity index (χ0) is 8.27. The van der Waals surface area contributed by atoms with Crippen molar-refractivity contribution >= 4 is 0 Å². The third-order valence-corrected chi connectivity index (χ3v) is 2.13. The quantitative estimate of drug-likeness (QED) is 0.601. The topological polar surface area (TPSA) is 29.3 Å². The molecule has 1 aliphatic heterocycles. The van der Waals surface area contributed by atoms with Crippen molar-refractivity contribution in [2.45, 2.75) is 25.8 Å². The highest BCUT2D eigenvalue weighted by Gasteiger charge is 2.20. The number of unbranched alkanes of at least 4 members (excludes halogenated alkanes) is 1. The average molecular weight is 154 g/mol. The minimum Gasteiger partial charge on any atom is -0.323 e. The van der Waals surface area contributed by atoms with E-state index in [1.54, 1.807) is 0 Å². The van der Waals surface area contributed by atoms with Crippen LogP contribution in [0.5, 0.6) is 0 Å². The minimum absolute atomic E-state index is 0.298. The number of hydrogen-bond acceptors (Lipinski definition) is 2. The average Bonchev–Trinajstić information content (AvgIpc) is 2.26. The van der Waals surface area contributed by atoms with Crippen LogP contribution in [0, 0.1) is 0 Å². The highest BCUT2D eigenvalue weighted by molar-refractivity contribution is 5.17. The first-order valence-electron chi connectivity index (χ1n) is 4.37. The molecule has 0 saturated carbocycles. The van der Waals surface area contributed by atoms with Gasteiger partial charge in [0.15, 0.2) is 0 Å². The molecule has 2 heteroatoms. The SMILES string of the molecule is CCC/C=C1/CN(C)CC1N. The maximum absolute atomic E-state index is 5.90. The molecule has 1 saturated heterocycles. The number of likely N-dealkylation sites (tertiary alicyclic amines) is 1. The second kappa shape index (κ2) is 3.88. The van der Waals surface area contributed by atoms with E-state index in [9.17, 15) is 0 Å². The van der Waals surface area contributed by atoms with Crippen molar-refractivity contribution in [1.29, 1.82) is 0 Å². The molecule has 0 spiro atoms. The molecule has 2 N–H and O–H groups in total. The predicted molar refractivity (Wildman–Crippen MR) is 48.5 cm³/mol. The number of allylic oxidation sites excluding steroid dienone is 1. The molecule has 0 bridgehead atoms. The highest BCUT2D eigenvalue weighted by Crippen LogP contribution is 2.13. The zero-order valence-corrected chi connectivity index (χ0v) is 7.51. The van der Waals surface area contributed by atoms with Crippen molar-refractivity contribution in [2.24, 2.45) is 5.73 Å². The van der Waals surface area contributed by atoms with Crippen LogP contribution in [0.1, 0.15) is 19.8 Å². The standard InChI is InChI=1S/C9H18N2/c1-3-4-5-8-6-11(2)7-9(8)10/h5,9H,3-4,6-7,10H2,1-2H3/b8-5-. The minimum atomic E-state index is 0.298. The van der Waals surface area contributed by atoms with Crippen LogP contribution in [-0.2, 0) is 0 Å². The molecular formula is C9H18N2. The first kappa shape index (κ1) is 8.75. The summed E-state index contributed by atoms with van der Waals surface area (Å²) in [7, 11) is 2.12. The van der Waals surface area contributed by atoms with E-state index in [0.29, 0.717) is 6.04 Å². The van der Waals surface area contributed by atoms with Gasteiger partial charge in [0.05, 0.1) is 0 Å². The molecule has 0 aromatic heterocycles. The van der Waals surface area contributed by atoms with Gasteiger partial charge in [0, 0.05) is 19.1 Å². The monoisotopic (exact) mass is 154 g/mol. The molecule has 0 aliphatic carbocycles. The van der Waals surface area contributed by atoms with E-state index in [2.05, 4.69) is 24.9 Å². The van der Waals surface area contributed by atoms with Gasteiger partial charge in [-0.25, -0.2) is 0 Å². The van der Waals surface area contributed by atoms with Gasteiger partial charge in [-0.3, -0.25) is 0 Å². The molecule has 64 valence electrons. The fourth-order valence-electron chi connectivity index (χ4n) is 1.49. The van der Waals surface area contributed by atoms with E-state index in [1.165, 1.54) is 18.4 Å². The lowest BCUT2D eigenvalue weighted by molar-refractivity contribution is 0.415. The summed E-state index contributed by atoms with van der Waals surface area (Å²) < 4.78 is 0. The molecule has 0 amide bonds. The van der Waals surface area contributed by atoms with Crippen molar-refractivity contribution in [3.8, 4) is 0 Å². The largest absolute Gasteiger partial charge is 0.323 e. The summed E-state index contributed by atoms with van der Waals surface area (Å²) in [5.41, 5.74) is 7.33. The maximum atomic E-state index is 5.90. The number of nitrogens with zero attached hydrogens (tertiary/aromatic N) is 1. The van der Waals surface area contributed by atoms with E-state index in [1.807, 2.05) is 0 Å². The smallest absolute Gasteiger partial charge is 0.0395 e. The molecule has 1 atom stereocenters. The Morgan fingerprint density at radius 2 is 2.45 bits per heavy atom. The van der Waals surface area contributed by atoms with E-state index >= 15 is 0 Å². The van der Waals surface area contributed by atoms with Gasteiger partial charge in [0.1, 0.15) is 0 Å². The molecule has 1 fully saturated rings. The van der Waals surface area contributed by atoms with E-state index in [0.717, 1.165) is 13.1 Å². The molecule has 1 heterocycles. The Bertz CT molecular complexity index is 152. The Morgan fingerprint density at radius 3 is 2.91 bits per heavy atom. The Kier molecular flexibility index (Phi) is 3.09. The first-order valence-corrected chi connectivity index (χ1v) is 4.37. The highest BCUT2D eigenvalue weighted by atomic mass is 15.1. The predicted octanol–water partition coefficient (Wildman–Crippen LogP) is 0.986. The second-order valence-corrected chi connectivity index (χ2v) is 3.37. The molecular weight excluding hydrogens is 136 g/mol. The third kappa shape index (κ3) is 2.31. The van der Waals surface area contributed by atoms with Crippen LogP contribution in [0.4, 0.5) is 0 Å². The van der Waals surface area contributed by atoms with Crippen LogP contribution in [0.3, 0.4) is 0 Å². The Morgan fingerprint density at radius 1 is 1.73 bits per heavy atom. The normalized spacial score (nSPS) is 30.1. The fourth-order valence-corrected chi connectivity index (χ4v) is 1.49. The van der Waals surface area contributed by atoms with Crippen molar-refractivity contribution in [1.82, 2.24) is 4.90 Å². The van der Waals surface area contributed by atoms with Crippen LogP contribution in [0.15, 0.2) is 11.6 Å². The molecule has 11 heavy (non-hydrogen) atoms. The number of likely N-dealkylation sites (N-methyl/N-ethyl adjacent to an activating group) is 1. The lowest BCUT2D eigenvalue weighted by Crippen LogP contribution is -2.24. The van der Waals surface area contributed by atoms with Gasteiger partial charge < -0.3 is 10.6 Å². The maximum Gasteiger partial charge on any atom is 0.0395 e. The Hall–Kier alpha value is -0.340. The van der Waals surface area contributed by atoms with Gasteiger partial charge >= 0.3 is 0 Å². The molecule has 1 rings (SSSR count). The Labute approximate surface area is 69.1 Å². The first-order chi connectivity index (χ1) is 5.24. The van der Waals surface area contributed by atoms with Crippen LogP contribution in [-0.4, -0.2) is 31.1 Å². The van der Waals surface area contributed by atoms with Gasteiger partial charge in [-0.1, -0.05) is 19.4 Å². The second-order valence-electron chi connectivity index (χ2n) is 3.37. The van der Waals surface area contributed by atoms with E-state index in [4.69, 9.17) is 5.73 Å². The van der Waals surface area contributed by atoms with Crippen LogP contribution < -0.4 is 5.73 Å². The molecule has 1 unspecified atom stereocenters. The number of rotatable bonds is 2. The molecule has 1 aliphatic rings. The van der Waals surface area contributed by atoms with Crippen molar-refractivity contribution in [3.63, 3.8) is 0 Å². The fraction of sp³-hybridized carbons (Fsp3) is 0.778. The molecule has 0 aromatic carbocycles. The molecule has 0 aromatic rings. The zero-order valence-electron chi connectivity index (χ0n) is 7.51. The number of nitrogens with two attached hydrogens (primary N) is 1. The van der Waals surface area contributed by atoms with E-state index in [-0.39, 0.29) is 0 Å². The van der Waals surface area contributed by atoms with Crippen LogP contribution in [0.25, 0.3) is 0 Å². The van der Waals surface area contributed by atoms with Gasteiger partial charge in [-0.15, -0.1) is 0 Å². The summed E-state index contributed by atoms with van der Waals surface area (Å²) in [5.74, 6) is 0. The summed E-state index contributed by atoms with van der Waals surface area (Å²) >= 11 is 0.